The van der Waals surface area contributed by atoms with Crippen LogP contribution in [-0.2, 0) is 0 Å². The molecule has 1 aliphatic rings. The molecule has 102 valence electrons. The second-order valence-corrected chi connectivity index (χ2v) is 6.29. The summed E-state index contributed by atoms with van der Waals surface area (Å²) < 4.78 is 2.07. The molecule has 3 rings (SSSR count). The predicted octanol–water partition coefficient (Wildman–Crippen LogP) is 3.59. The molecule has 1 saturated carbocycles. The van der Waals surface area contributed by atoms with Gasteiger partial charge in [-0.2, -0.15) is 0 Å². The van der Waals surface area contributed by atoms with E-state index in [0.29, 0.717) is 5.25 Å². The average molecular weight is 276 g/mol. The number of hydrogen-bond donors (Lipinski definition) is 1. The Morgan fingerprint density at radius 2 is 2.21 bits per heavy atom. The Morgan fingerprint density at radius 1 is 1.37 bits per heavy atom. The molecule has 0 unspecified atom stereocenters. The summed E-state index contributed by atoms with van der Waals surface area (Å²) in [6, 6.07) is 0. The molecule has 0 aromatic carbocycles. The van der Waals surface area contributed by atoms with E-state index in [0.717, 1.165) is 23.0 Å². The number of imidazole rings is 1. The standard InChI is InChI=1S/C14H20N4S/c1-2-15-12-10-18-9-8-16-13(18)14(17-12)19-11-6-4-3-5-7-11/h8-11,15H,2-7H2,1H3. The van der Waals surface area contributed by atoms with Crippen molar-refractivity contribution < 1.29 is 0 Å². The molecule has 2 aromatic rings. The summed E-state index contributed by atoms with van der Waals surface area (Å²) >= 11 is 1.90. The van der Waals surface area contributed by atoms with Gasteiger partial charge in [-0.25, -0.2) is 9.97 Å². The minimum atomic E-state index is 0.707. The number of fused-ring (bicyclic) bond motifs is 1. The van der Waals surface area contributed by atoms with Gasteiger partial charge in [-0.1, -0.05) is 31.0 Å². The van der Waals surface area contributed by atoms with Crippen LogP contribution in [-0.4, -0.2) is 26.2 Å². The zero-order chi connectivity index (χ0) is 13.1. The monoisotopic (exact) mass is 276 g/mol. The highest BCUT2D eigenvalue weighted by atomic mass is 32.2. The average Bonchev–Trinajstić information content (AvgIpc) is 2.89. The SMILES string of the molecule is CCNc1cn2ccnc2c(SC2CCCCC2)n1. The van der Waals surface area contributed by atoms with Crippen molar-refractivity contribution in [2.24, 2.45) is 0 Å². The molecule has 2 aromatic heterocycles. The molecule has 1 fully saturated rings. The third kappa shape index (κ3) is 2.86. The smallest absolute Gasteiger partial charge is 0.169 e. The van der Waals surface area contributed by atoms with Crippen molar-refractivity contribution in [3.05, 3.63) is 18.6 Å². The molecular formula is C14H20N4S. The van der Waals surface area contributed by atoms with E-state index in [4.69, 9.17) is 4.98 Å². The Labute approximate surface area is 118 Å². The Hall–Kier alpha value is -1.23. The molecule has 0 bridgehead atoms. The van der Waals surface area contributed by atoms with Crippen LogP contribution in [0.2, 0.25) is 0 Å². The first kappa shape index (κ1) is 12.8. The number of nitrogens with zero attached hydrogens (tertiary/aromatic N) is 3. The van der Waals surface area contributed by atoms with Crippen molar-refractivity contribution in [2.75, 3.05) is 11.9 Å². The number of rotatable bonds is 4. The highest BCUT2D eigenvalue weighted by Gasteiger charge is 2.18. The van der Waals surface area contributed by atoms with Crippen LogP contribution >= 0.6 is 11.8 Å². The molecule has 1 N–H and O–H groups in total. The normalized spacial score (nSPS) is 16.9. The molecule has 0 saturated heterocycles. The zero-order valence-electron chi connectivity index (χ0n) is 11.3. The number of thioether (sulfide) groups is 1. The summed E-state index contributed by atoms with van der Waals surface area (Å²) in [6.07, 6.45) is 12.6. The van der Waals surface area contributed by atoms with Crippen LogP contribution in [0.25, 0.3) is 5.65 Å². The number of hydrogen-bond acceptors (Lipinski definition) is 4. The zero-order valence-corrected chi connectivity index (χ0v) is 12.1. The maximum atomic E-state index is 4.73. The fourth-order valence-corrected chi connectivity index (χ4v) is 3.89. The summed E-state index contributed by atoms with van der Waals surface area (Å²) in [5.41, 5.74) is 0.984. The molecule has 0 amide bonds. The van der Waals surface area contributed by atoms with Crippen LogP contribution in [0.5, 0.6) is 0 Å². The molecule has 0 aliphatic heterocycles. The first-order valence-corrected chi connectivity index (χ1v) is 7.99. The van der Waals surface area contributed by atoms with Gasteiger partial charge in [-0.3, -0.25) is 0 Å². The minimum Gasteiger partial charge on any atom is -0.369 e. The van der Waals surface area contributed by atoms with E-state index in [1.54, 1.807) is 0 Å². The molecule has 0 atom stereocenters. The third-order valence-corrected chi connectivity index (χ3v) is 4.83. The van der Waals surface area contributed by atoms with Crippen LogP contribution in [0.3, 0.4) is 0 Å². The number of nitrogens with one attached hydrogen (secondary N) is 1. The Balaban J connectivity index is 1.88. The number of aromatic nitrogens is 3. The van der Waals surface area contributed by atoms with Crippen molar-refractivity contribution >= 4 is 23.2 Å². The van der Waals surface area contributed by atoms with Gasteiger partial charge in [-0.05, 0) is 19.8 Å². The maximum Gasteiger partial charge on any atom is 0.169 e. The van der Waals surface area contributed by atoms with Crippen LogP contribution in [0, 0.1) is 0 Å². The summed E-state index contributed by atoms with van der Waals surface area (Å²) in [7, 11) is 0. The molecule has 0 radical (unpaired) electrons. The van der Waals surface area contributed by atoms with Gasteiger partial charge in [0.15, 0.2) is 5.65 Å². The van der Waals surface area contributed by atoms with Gasteiger partial charge < -0.3 is 9.72 Å². The van der Waals surface area contributed by atoms with Crippen LogP contribution in [0.15, 0.2) is 23.6 Å². The summed E-state index contributed by atoms with van der Waals surface area (Å²) in [5, 5.41) is 5.07. The molecule has 0 spiro atoms. The fourth-order valence-electron chi connectivity index (χ4n) is 2.59. The summed E-state index contributed by atoms with van der Waals surface area (Å²) in [4.78, 5) is 9.16. The third-order valence-electron chi connectivity index (χ3n) is 3.53. The lowest BCUT2D eigenvalue weighted by atomic mass is 10.0. The lowest BCUT2D eigenvalue weighted by Crippen LogP contribution is -2.09. The molecule has 4 nitrogen and oxygen atoms in total. The first-order valence-electron chi connectivity index (χ1n) is 7.11. The topological polar surface area (TPSA) is 42.2 Å². The second kappa shape index (κ2) is 5.82. The van der Waals surface area contributed by atoms with Crippen molar-refractivity contribution in [3.8, 4) is 0 Å². The van der Waals surface area contributed by atoms with Crippen molar-refractivity contribution in [1.82, 2.24) is 14.4 Å². The highest BCUT2D eigenvalue weighted by Crippen LogP contribution is 2.34. The van der Waals surface area contributed by atoms with E-state index in [1.165, 1.54) is 32.1 Å². The Bertz CT molecular complexity index is 545. The van der Waals surface area contributed by atoms with E-state index >= 15 is 0 Å². The van der Waals surface area contributed by atoms with Gasteiger partial charge in [0, 0.05) is 24.2 Å². The highest BCUT2D eigenvalue weighted by molar-refractivity contribution is 8.00. The van der Waals surface area contributed by atoms with E-state index in [1.807, 2.05) is 30.4 Å². The lowest BCUT2D eigenvalue weighted by Gasteiger charge is -2.20. The molecule has 1 aliphatic carbocycles. The summed E-state index contributed by atoms with van der Waals surface area (Å²) in [6.45, 7) is 2.98. The minimum absolute atomic E-state index is 0.707. The quantitative estimate of drug-likeness (QED) is 0.926. The van der Waals surface area contributed by atoms with Gasteiger partial charge in [0.25, 0.3) is 0 Å². The molecular weight excluding hydrogens is 256 g/mol. The van der Waals surface area contributed by atoms with Gasteiger partial charge in [0.2, 0.25) is 0 Å². The molecule has 5 heteroatoms. The van der Waals surface area contributed by atoms with Gasteiger partial charge in [-0.15, -0.1) is 0 Å². The van der Waals surface area contributed by atoms with Gasteiger partial charge in [0.05, 0.1) is 6.20 Å². The predicted molar refractivity (Wildman–Crippen MR) is 79.9 cm³/mol. The fraction of sp³-hybridized carbons (Fsp3) is 0.571. The maximum absolute atomic E-state index is 4.73. The summed E-state index contributed by atoms with van der Waals surface area (Å²) in [5.74, 6) is 0.936. The molecule has 2 heterocycles. The van der Waals surface area contributed by atoms with E-state index in [-0.39, 0.29) is 0 Å². The Kier molecular flexibility index (Phi) is 3.92. The number of anilines is 1. The van der Waals surface area contributed by atoms with E-state index in [2.05, 4.69) is 21.6 Å². The first-order chi connectivity index (χ1) is 9.36. The van der Waals surface area contributed by atoms with Gasteiger partial charge >= 0.3 is 0 Å². The Morgan fingerprint density at radius 3 is 3.00 bits per heavy atom. The molecule has 19 heavy (non-hydrogen) atoms. The van der Waals surface area contributed by atoms with Crippen molar-refractivity contribution in [3.63, 3.8) is 0 Å². The van der Waals surface area contributed by atoms with Crippen LogP contribution in [0.4, 0.5) is 5.82 Å². The van der Waals surface area contributed by atoms with E-state index in [9.17, 15) is 0 Å². The van der Waals surface area contributed by atoms with Crippen molar-refractivity contribution in [1.29, 1.82) is 0 Å². The van der Waals surface area contributed by atoms with E-state index < -0.39 is 0 Å². The van der Waals surface area contributed by atoms with Crippen LogP contribution in [0.1, 0.15) is 39.0 Å². The van der Waals surface area contributed by atoms with Crippen molar-refractivity contribution in [2.45, 2.75) is 49.3 Å². The second-order valence-electron chi connectivity index (χ2n) is 5.00. The largest absolute Gasteiger partial charge is 0.369 e. The van der Waals surface area contributed by atoms with Crippen LogP contribution < -0.4 is 5.32 Å². The van der Waals surface area contributed by atoms with Gasteiger partial charge in [0.1, 0.15) is 10.8 Å². The lowest BCUT2D eigenvalue weighted by molar-refractivity contribution is 0.516.